The molecule has 3 rings (SSSR count). The predicted molar refractivity (Wildman–Crippen MR) is 83.9 cm³/mol. The van der Waals surface area contributed by atoms with Gasteiger partial charge in [0, 0.05) is 29.0 Å². The molecule has 0 aliphatic heterocycles. The number of nitrogens with one attached hydrogen (secondary N) is 1. The number of benzene rings is 1. The van der Waals surface area contributed by atoms with Crippen LogP contribution in [-0.4, -0.2) is 17.4 Å². The number of rotatable bonds is 5. The monoisotopic (exact) mass is 350 g/mol. The lowest BCUT2D eigenvalue weighted by atomic mass is 9.95. The lowest BCUT2D eigenvalue weighted by molar-refractivity contribution is -0.123. The first-order chi connectivity index (χ1) is 9.71. The molecular weight excluding hydrogens is 336 g/mol. The molecular formula is C15H15BrN2OS. The Labute approximate surface area is 130 Å². The molecule has 5 heteroatoms. The fraction of sp³-hybridized carbons (Fsp3) is 0.333. The molecule has 20 heavy (non-hydrogen) atoms. The van der Waals surface area contributed by atoms with Gasteiger partial charge in [-0.25, -0.2) is 4.98 Å². The average molecular weight is 351 g/mol. The Morgan fingerprint density at radius 1 is 1.45 bits per heavy atom. The Bertz CT molecular complexity index is 608. The van der Waals surface area contributed by atoms with Gasteiger partial charge in [-0.3, -0.25) is 4.79 Å². The smallest absolute Gasteiger partial charge is 0.230 e. The Balaban J connectivity index is 1.62. The molecule has 0 saturated heterocycles. The first-order valence-corrected chi connectivity index (χ1v) is 8.31. The molecule has 1 N–H and O–H groups in total. The third kappa shape index (κ3) is 2.79. The van der Waals surface area contributed by atoms with Gasteiger partial charge in [0.1, 0.15) is 0 Å². The largest absolute Gasteiger partial charge is 0.355 e. The lowest BCUT2D eigenvalue weighted by Gasteiger charge is -2.15. The minimum Gasteiger partial charge on any atom is -0.355 e. The summed E-state index contributed by atoms with van der Waals surface area (Å²) in [4.78, 5) is 16.6. The van der Waals surface area contributed by atoms with Crippen LogP contribution in [0.15, 0.2) is 40.3 Å². The average Bonchev–Trinajstić information content (AvgIpc) is 3.10. The van der Waals surface area contributed by atoms with Crippen LogP contribution in [0.25, 0.3) is 0 Å². The third-order valence-electron chi connectivity index (χ3n) is 3.67. The summed E-state index contributed by atoms with van der Waals surface area (Å²) in [5, 5.41) is 6.08. The zero-order valence-electron chi connectivity index (χ0n) is 10.9. The van der Waals surface area contributed by atoms with Crippen molar-refractivity contribution in [2.75, 3.05) is 6.54 Å². The van der Waals surface area contributed by atoms with E-state index in [9.17, 15) is 4.79 Å². The van der Waals surface area contributed by atoms with Crippen molar-refractivity contribution in [1.82, 2.24) is 10.3 Å². The molecule has 0 atom stereocenters. The number of nitrogens with zero attached hydrogens (tertiary/aromatic N) is 1. The summed E-state index contributed by atoms with van der Waals surface area (Å²) in [6.07, 6.45) is 4.47. The van der Waals surface area contributed by atoms with E-state index in [2.05, 4.69) is 26.2 Å². The van der Waals surface area contributed by atoms with E-state index in [-0.39, 0.29) is 11.3 Å². The maximum absolute atomic E-state index is 12.4. The molecule has 1 aromatic carbocycles. The molecule has 1 aromatic heterocycles. The number of hydrogen-bond acceptors (Lipinski definition) is 3. The quantitative estimate of drug-likeness (QED) is 0.898. The van der Waals surface area contributed by atoms with E-state index < -0.39 is 0 Å². The van der Waals surface area contributed by atoms with Gasteiger partial charge in [0.2, 0.25) is 5.91 Å². The second kappa shape index (κ2) is 5.66. The molecule has 3 nitrogen and oxygen atoms in total. The molecule has 104 valence electrons. The van der Waals surface area contributed by atoms with Crippen LogP contribution >= 0.6 is 27.3 Å². The first kappa shape index (κ1) is 13.8. The SMILES string of the molecule is O=C(NCCc1nccs1)C1(c2cccc(Br)c2)CC1. The Kier molecular flexibility index (Phi) is 3.89. The third-order valence-corrected chi connectivity index (χ3v) is 5.00. The highest BCUT2D eigenvalue weighted by Crippen LogP contribution is 2.48. The number of aromatic nitrogens is 1. The van der Waals surface area contributed by atoms with Crippen LogP contribution in [0.4, 0.5) is 0 Å². The Hall–Kier alpha value is -1.20. The molecule has 1 saturated carbocycles. The molecule has 1 fully saturated rings. The molecule has 0 unspecified atom stereocenters. The summed E-state index contributed by atoms with van der Waals surface area (Å²) in [5.74, 6) is 0.146. The summed E-state index contributed by atoms with van der Waals surface area (Å²) in [6, 6.07) is 8.06. The van der Waals surface area contributed by atoms with Crippen LogP contribution < -0.4 is 5.32 Å². The maximum Gasteiger partial charge on any atom is 0.230 e. The highest BCUT2D eigenvalue weighted by atomic mass is 79.9. The van der Waals surface area contributed by atoms with E-state index in [4.69, 9.17) is 0 Å². The van der Waals surface area contributed by atoms with Crippen LogP contribution in [0.1, 0.15) is 23.4 Å². The predicted octanol–water partition coefficient (Wildman–Crippen LogP) is 3.30. The minimum absolute atomic E-state index is 0.146. The summed E-state index contributed by atoms with van der Waals surface area (Å²) in [5.41, 5.74) is 0.811. The van der Waals surface area contributed by atoms with Crippen molar-refractivity contribution in [2.45, 2.75) is 24.7 Å². The van der Waals surface area contributed by atoms with Crippen LogP contribution in [0.5, 0.6) is 0 Å². The number of thiazole rings is 1. The summed E-state index contributed by atoms with van der Waals surface area (Å²) < 4.78 is 1.02. The zero-order chi connectivity index (χ0) is 14.0. The normalized spacial score (nSPS) is 15.8. The van der Waals surface area contributed by atoms with Crippen molar-refractivity contribution in [3.63, 3.8) is 0 Å². The summed E-state index contributed by atoms with van der Waals surface area (Å²) in [7, 11) is 0. The van der Waals surface area contributed by atoms with Gasteiger partial charge >= 0.3 is 0 Å². The summed E-state index contributed by atoms with van der Waals surface area (Å²) >= 11 is 5.10. The van der Waals surface area contributed by atoms with Crippen LogP contribution in [0.2, 0.25) is 0 Å². The van der Waals surface area contributed by atoms with Crippen LogP contribution in [-0.2, 0) is 16.6 Å². The van der Waals surface area contributed by atoms with Crippen molar-refractivity contribution >= 4 is 33.2 Å². The molecule has 0 bridgehead atoms. The highest BCUT2D eigenvalue weighted by Gasteiger charge is 2.51. The maximum atomic E-state index is 12.4. The van der Waals surface area contributed by atoms with Crippen molar-refractivity contribution in [3.05, 3.63) is 50.9 Å². The van der Waals surface area contributed by atoms with Crippen molar-refractivity contribution in [2.24, 2.45) is 0 Å². The van der Waals surface area contributed by atoms with Gasteiger partial charge in [-0.2, -0.15) is 0 Å². The van der Waals surface area contributed by atoms with E-state index in [1.165, 1.54) is 0 Å². The molecule has 1 amide bonds. The molecule has 0 radical (unpaired) electrons. The van der Waals surface area contributed by atoms with Gasteiger partial charge in [-0.15, -0.1) is 11.3 Å². The van der Waals surface area contributed by atoms with Crippen molar-refractivity contribution in [1.29, 1.82) is 0 Å². The second-order valence-corrected chi connectivity index (χ2v) is 6.92. The van der Waals surface area contributed by atoms with Gasteiger partial charge in [0.25, 0.3) is 0 Å². The van der Waals surface area contributed by atoms with Gasteiger partial charge in [-0.05, 0) is 30.5 Å². The van der Waals surface area contributed by atoms with Crippen LogP contribution in [0.3, 0.4) is 0 Å². The highest BCUT2D eigenvalue weighted by molar-refractivity contribution is 9.10. The molecule has 1 aliphatic carbocycles. The molecule has 2 aromatic rings. The standard InChI is InChI=1S/C15H15BrN2OS/c16-12-3-1-2-11(10-12)15(5-6-15)14(19)18-7-4-13-17-8-9-20-13/h1-3,8-10H,4-7H2,(H,18,19). The molecule has 1 aliphatic rings. The number of halogens is 1. The van der Waals surface area contributed by atoms with E-state index in [1.807, 2.05) is 29.6 Å². The number of carbonyl (C=O) groups excluding carboxylic acids is 1. The van der Waals surface area contributed by atoms with E-state index >= 15 is 0 Å². The second-order valence-electron chi connectivity index (χ2n) is 5.02. The molecule has 1 heterocycles. The fourth-order valence-electron chi connectivity index (χ4n) is 2.39. The Morgan fingerprint density at radius 3 is 2.95 bits per heavy atom. The van der Waals surface area contributed by atoms with Crippen molar-refractivity contribution in [3.8, 4) is 0 Å². The molecule has 0 spiro atoms. The van der Waals surface area contributed by atoms with E-state index in [1.54, 1.807) is 17.5 Å². The fourth-order valence-corrected chi connectivity index (χ4v) is 3.41. The Morgan fingerprint density at radius 2 is 2.30 bits per heavy atom. The van der Waals surface area contributed by atoms with E-state index in [0.717, 1.165) is 34.3 Å². The van der Waals surface area contributed by atoms with Gasteiger partial charge in [0.15, 0.2) is 0 Å². The van der Waals surface area contributed by atoms with Crippen molar-refractivity contribution < 1.29 is 4.79 Å². The van der Waals surface area contributed by atoms with Gasteiger partial charge in [0.05, 0.1) is 10.4 Å². The van der Waals surface area contributed by atoms with Crippen LogP contribution in [0, 0.1) is 0 Å². The lowest BCUT2D eigenvalue weighted by Crippen LogP contribution is -2.35. The van der Waals surface area contributed by atoms with Gasteiger partial charge in [-0.1, -0.05) is 28.1 Å². The number of carbonyl (C=O) groups is 1. The number of amides is 1. The topological polar surface area (TPSA) is 42.0 Å². The van der Waals surface area contributed by atoms with Gasteiger partial charge < -0.3 is 5.32 Å². The minimum atomic E-state index is -0.299. The number of hydrogen-bond donors (Lipinski definition) is 1. The van der Waals surface area contributed by atoms with E-state index in [0.29, 0.717) is 6.54 Å². The summed E-state index contributed by atoms with van der Waals surface area (Å²) in [6.45, 7) is 0.655. The zero-order valence-corrected chi connectivity index (χ0v) is 13.3. The first-order valence-electron chi connectivity index (χ1n) is 6.63.